The number of hydrogen-bond acceptors (Lipinski definition) is 4. The van der Waals surface area contributed by atoms with Crippen LogP contribution in [0.5, 0.6) is 0 Å². The highest BCUT2D eigenvalue weighted by atomic mass is 16.5. The third-order valence-electron chi connectivity index (χ3n) is 4.14. The van der Waals surface area contributed by atoms with Crippen LogP contribution < -0.4 is 5.32 Å². The number of hydrogen-bond donors (Lipinski definition) is 1. The van der Waals surface area contributed by atoms with Crippen molar-refractivity contribution in [2.45, 2.75) is 57.1 Å². The maximum Gasteiger partial charge on any atom is 0.115 e. The number of ether oxygens (including phenoxy) is 1. The summed E-state index contributed by atoms with van der Waals surface area (Å²) in [5.74, 6) is 0. The fourth-order valence-corrected chi connectivity index (χ4v) is 3.12. The van der Waals surface area contributed by atoms with E-state index in [1.165, 1.54) is 19.3 Å². The van der Waals surface area contributed by atoms with Gasteiger partial charge in [-0.1, -0.05) is 26.2 Å². The molecule has 4 heteroatoms. The smallest absolute Gasteiger partial charge is 0.115 e. The van der Waals surface area contributed by atoms with Crippen LogP contribution in [0.1, 0.15) is 57.1 Å². The van der Waals surface area contributed by atoms with Gasteiger partial charge in [-0.15, -0.1) is 0 Å². The van der Waals surface area contributed by atoms with E-state index in [9.17, 15) is 0 Å². The van der Waals surface area contributed by atoms with Gasteiger partial charge in [-0.3, -0.25) is 0 Å². The normalized spacial score (nSPS) is 20.1. The summed E-state index contributed by atoms with van der Waals surface area (Å²) in [6, 6.07) is 0.193. The zero-order chi connectivity index (χ0) is 13.6. The van der Waals surface area contributed by atoms with Crippen LogP contribution in [-0.2, 0) is 4.74 Å². The molecule has 1 aromatic heterocycles. The number of methoxy groups -OCH3 is 1. The van der Waals surface area contributed by atoms with Gasteiger partial charge in [0.25, 0.3) is 0 Å². The Morgan fingerprint density at radius 2 is 1.95 bits per heavy atom. The Balaban J connectivity index is 2.24. The molecule has 106 valence electrons. The van der Waals surface area contributed by atoms with Crippen molar-refractivity contribution in [2.24, 2.45) is 0 Å². The second-order valence-electron chi connectivity index (χ2n) is 5.39. The minimum absolute atomic E-state index is 0.0991. The molecule has 0 aromatic carbocycles. The minimum Gasteiger partial charge on any atom is -0.376 e. The van der Waals surface area contributed by atoms with Gasteiger partial charge in [0.05, 0.1) is 11.6 Å². The molecule has 1 aliphatic carbocycles. The van der Waals surface area contributed by atoms with Crippen LogP contribution in [-0.4, -0.2) is 29.2 Å². The molecule has 1 saturated carbocycles. The van der Waals surface area contributed by atoms with E-state index in [1.807, 2.05) is 19.5 Å². The van der Waals surface area contributed by atoms with Crippen molar-refractivity contribution in [3.05, 3.63) is 24.3 Å². The molecule has 1 aliphatic rings. The third-order valence-corrected chi connectivity index (χ3v) is 4.14. The standard InChI is InChI=1S/C15H25N3O/c1-3-9-18-14(13-10-16-12-17-11-13)15(19-2)7-5-4-6-8-15/h10-12,14,18H,3-9H2,1-2H3. The van der Waals surface area contributed by atoms with E-state index < -0.39 is 0 Å². The van der Waals surface area contributed by atoms with Crippen molar-refractivity contribution >= 4 is 0 Å². The maximum atomic E-state index is 5.97. The number of rotatable bonds is 6. The second-order valence-corrected chi connectivity index (χ2v) is 5.39. The summed E-state index contributed by atoms with van der Waals surface area (Å²) in [5, 5.41) is 3.64. The molecule has 0 saturated heterocycles. The van der Waals surface area contributed by atoms with E-state index in [0.29, 0.717) is 0 Å². The lowest BCUT2D eigenvalue weighted by atomic mass is 9.77. The van der Waals surface area contributed by atoms with E-state index in [-0.39, 0.29) is 11.6 Å². The third kappa shape index (κ3) is 3.31. The van der Waals surface area contributed by atoms with Crippen molar-refractivity contribution in [2.75, 3.05) is 13.7 Å². The van der Waals surface area contributed by atoms with Gasteiger partial charge in [0.2, 0.25) is 0 Å². The van der Waals surface area contributed by atoms with E-state index in [4.69, 9.17) is 4.74 Å². The molecule has 0 spiro atoms. The molecule has 0 bridgehead atoms. The highest BCUT2D eigenvalue weighted by Gasteiger charge is 2.40. The van der Waals surface area contributed by atoms with Crippen LogP contribution in [0.2, 0.25) is 0 Å². The predicted molar refractivity (Wildman–Crippen MR) is 75.9 cm³/mol. The summed E-state index contributed by atoms with van der Waals surface area (Å²) < 4.78 is 5.97. The molecular formula is C15H25N3O. The van der Waals surface area contributed by atoms with Gasteiger partial charge in [0.1, 0.15) is 6.33 Å². The molecule has 1 atom stereocenters. The van der Waals surface area contributed by atoms with E-state index in [2.05, 4.69) is 22.2 Å². The van der Waals surface area contributed by atoms with Gasteiger partial charge >= 0.3 is 0 Å². The molecule has 0 aliphatic heterocycles. The highest BCUT2D eigenvalue weighted by Crippen LogP contribution is 2.40. The first-order valence-corrected chi connectivity index (χ1v) is 7.36. The SMILES string of the molecule is CCCNC(c1cncnc1)C1(OC)CCCCC1. The maximum absolute atomic E-state index is 5.97. The monoisotopic (exact) mass is 263 g/mol. The largest absolute Gasteiger partial charge is 0.376 e. The Morgan fingerprint density at radius 3 is 2.53 bits per heavy atom. The lowest BCUT2D eigenvalue weighted by Gasteiger charge is -2.43. The molecular weight excluding hydrogens is 238 g/mol. The van der Waals surface area contributed by atoms with Crippen molar-refractivity contribution in [1.82, 2.24) is 15.3 Å². The Hall–Kier alpha value is -1.00. The van der Waals surface area contributed by atoms with Crippen LogP contribution in [0.25, 0.3) is 0 Å². The van der Waals surface area contributed by atoms with Crippen molar-refractivity contribution < 1.29 is 4.74 Å². The molecule has 1 unspecified atom stereocenters. The van der Waals surface area contributed by atoms with Crippen LogP contribution in [0.3, 0.4) is 0 Å². The number of aromatic nitrogens is 2. The highest BCUT2D eigenvalue weighted by molar-refractivity contribution is 5.16. The molecule has 1 aromatic rings. The van der Waals surface area contributed by atoms with Crippen LogP contribution in [0.15, 0.2) is 18.7 Å². The summed E-state index contributed by atoms with van der Waals surface area (Å²) in [4.78, 5) is 8.33. The fraction of sp³-hybridized carbons (Fsp3) is 0.733. The quantitative estimate of drug-likeness (QED) is 0.857. The van der Waals surface area contributed by atoms with Crippen molar-refractivity contribution in [3.8, 4) is 0 Å². The van der Waals surface area contributed by atoms with E-state index >= 15 is 0 Å². The lowest BCUT2D eigenvalue weighted by Crippen LogP contribution is -2.47. The first kappa shape index (κ1) is 14.4. The summed E-state index contributed by atoms with van der Waals surface area (Å²) in [6.07, 6.45) is 12.5. The van der Waals surface area contributed by atoms with Gasteiger partial charge in [-0.2, -0.15) is 0 Å². The Kier molecular flexibility index (Phi) is 5.28. The number of nitrogens with zero attached hydrogens (tertiary/aromatic N) is 2. The van der Waals surface area contributed by atoms with Crippen molar-refractivity contribution in [1.29, 1.82) is 0 Å². The Bertz CT molecular complexity index is 363. The molecule has 19 heavy (non-hydrogen) atoms. The molecule has 1 N–H and O–H groups in total. The summed E-state index contributed by atoms with van der Waals surface area (Å²) in [5.41, 5.74) is 1.04. The topological polar surface area (TPSA) is 47.0 Å². The lowest BCUT2D eigenvalue weighted by molar-refractivity contribution is -0.0688. The predicted octanol–water partition coefficient (Wildman–Crippen LogP) is 2.87. The molecule has 1 fully saturated rings. The van der Waals surface area contributed by atoms with Gasteiger partial charge in [0, 0.05) is 25.1 Å². The molecule has 4 nitrogen and oxygen atoms in total. The first-order chi connectivity index (χ1) is 9.32. The zero-order valence-electron chi connectivity index (χ0n) is 12.1. The van der Waals surface area contributed by atoms with Crippen molar-refractivity contribution in [3.63, 3.8) is 0 Å². The van der Waals surface area contributed by atoms with Crippen LogP contribution >= 0.6 is 0 Å². The zero-order valence-corrected chi connectivity index (χ0v) is 12.1. The molecule has 2 rings (SSSR count). The second kappa shape index (κ2) is 6.96. The average Bonchev–Trinajstić information content (AvgIpc) is 2.49. The summed E-state index contributed by atoms with van der Waals surface area (Å²) in [6.45, 7) is 3.18. The van der Waals surface area contributed by atoms with Gasteiger partial charge in [-0.25, -0.2) is 9.97 Å². The molecule has 1 heterocycles. The van der Waals surface area contributed by atoms with Crippen LogP contribution in [0, 0.1) is 0 Å². The molecule has 0 amide bonds. The van der Waals surface area contributed by atoms with Gasteiger partial charge in [-0.05, 0) is 25.8 Å². The van der Waals surface area contributed by atoms with Gasteiger partial charge < -0.3 is 10.1 Å². The van der Waals surface area contributed by atoms with E-state index in [1.54, 1.807) is 6.33 Å². The number of nitrogens with one attached hydrogen (secondary N) is 1. The fourth-order valence-electron chi connectivity index (χ4n) is 3.12. The summed E-state index contributed by atoms with van der Waals surface area (Å²) in [7, 11) is 1.84. The molecule has 0 radical (unpaired) electrons. The average molecular weight is 263 g/mol. The Morgan fingerprint density at radius 1 is 1.26 bits per heavy atom. The minimum atomic E-state index is -0.0991. The summed E-state index contributed by atoms with van der Waals surface area (Å²) >= 11 is 0. The van der Waals surface area contributed by atoms with E-state index in [0.717, 1.165) is 31.4 Å². The van der Waals surface area contributed by atoms with Gasteiger partial charge in [0.15, 0.2) is 0 Å². The van der Waals surface area contributed by atoms with Crippen LogP contribution in [0.4, 0.5) is 0 Å². The Labute approximate surface area is 116 Å². The first-order valence-electron chi connectivity index (χ1n) is 7.36.